The minimum Gasteiger partial charge on any atom is -0.497 e. The van der Waals surface area contributed by atoms with Gasteiger partial charge in [0.25, 0.3) is 0 Å². The summed E-state index contributed by atoms with van der Waals surface area (Å²) in [7, 11) is 1.60. The number of nitrogens with one attached hydrogen (secondary N) is 1. The second-order valence-electron chi connectivity index (χ2n) is 3.27. The van der Waals surface area contributed by atoms with Gasteiger partial charge in [-0.15, -0.1) is 0 Å². The lowest BCUT2D eigenvalue weighted by atomic mass is 10.1. The number of imidazole rings is 1. The Morgan fingerprint density at radius 2 is 2.31 bits per heavy atom. The molecule has 1 heterocycles. The summed E-state index contributed by atoms with van der Waals surface area (Å²) in [5, 5.41) is 7.51. The molecular weight excluding hydrogens is 204 g/mol. The maximum atomic E-state index is 7.51. The van der Waals surface area contributed by atoms with Crippen molar-refractivity contribution in [3.05, 3.63) is 42.5 Å². The molecule has 0 bridgehead atoms. The number of nitrogens with two attached hydrogens (primary N) is 1. The number of rotatable bonds is 3. The summed E-state index contributed by atoms with van der Waals surface area (Å²) in [6.07, 6.45) is 5.12. The Bertz CT molecular complexity index is 505. The third-order valence-electron chi connectivity index (χ3n) is 2.28. The van der Waals surface area contributed by atoms with E-state index in [0.717, 1.165) is 5.69 Å². The van der Waals surface area contributed by atoms with E-state index >= 15 is 0 Å². The van der Waals surface area contributed by atoms with Gasteiger partial charge in [0.15, 0.2) is 0 Å². The van der Waals surface area contributed by atoms with Crippen LogP contribution >= 0.6 is 0 Å². The number of benzene rings is 1. The molecule has 2 aromatic rings. The molecule has 0 atom stereocenters. The summed E-state index contributed by atoms with van der Waals surface area (Å²) in [4.78, 5) is 3.97. The van der Waals surface area contributed by atoms with Crippen LogP contribution in [0.5, 0.6) is 5.75 Å². The zero-order valence-electron chi connectivity index (χ0n) is 8.84. The molecule has 5 nitrogen and oxygen atoms in total. The molecule has 0 saturated carbocycles. The van der Waals surface area contributed by atoms with E-state index in [2.05, 4.69) is 4.98 Å². The molecule has 1 aromatic carbocycles. The molecular formula is C11H12N4O. The van der Waals surface area contributed by atoms with Crippen LogP contribution in [-0.2, 0) is 0 Å². The largest absolute Gasteiger partial charge is 0.497 e. The van der Waals surface area contributed by atoms with Gasteiger partial charge in [0.05, 0.1) is 19.1 Å². The van der Waals surface area contributed by atoms with Crippen LogP contribution in [0.3, 0.4) is 0 Å². The first-order chi connectivity index (χ1) is 7.72. The molecule has 16 heavy (non-hydrogen) atoms. The Kier molecular flexibility index (Phi) is 2.59. The number of nitrogen functional groups attached to an aromatic ring is 1. The van der Waals surface area contributed by atoms with Crippen LogP contribution in [0.2, 0.25) is 0 Å². The van der Waals surface area contributed by atoms with Crippen molar-refractivity contribution < 1.29 is 4.74 Å². The SMILES string of the molecule is COc1ccc(C(=N)N)c(-n2ccnc2)c1. The third kappa shape index (κ3) is 1.75. The number of amidine groups is 1. The molecule has 82 valence electrons. The number of methoxy groups -OCH3 is 1. The fraction of sp³-hybridized carbons (Fsp3) is 0.0909. The number of hydrogen-bond donors (Lipinski definition) is 2. The molecule has 0 aliphatic rings. The molecule has 5 heteroatoms. The molecule has 0 spiro atoms. The summed E-state index contributed by atoms with van der Waals surface area (Å²) in [5.74, 6) is 0.736. The highest BCUT2D eigenvalue weighted by Crippen LogP contribution is 2.20. The van der Waals surface area contributed by atoms with Crippen molar-refractivity contribution in [1.29, 1.82) is 5.41 Å². The second kappa shape index (κ2) is 4.06. The van der Waals surface area contributed by atoms with E-state index in [1.165, 1.54) is 0 Å². The third-order valence-corrected chi connectivity index (χ3v) is 2.28. The minimum atomic E-state index is 0.0198. The zero-order valence-corrected chi connectivity index (χ0v) is 8.84. The Labute approximate surface area is 93.0 Å². The summed E-state index contributed by atoms with van der Waals surface area (Å²) < 4.78 is 6.93. The average Bonchev–Trinajstić information content (AvgIpc) is 2.81. The molecule has 0 fully saturated rings. The van der Waals surface area contributed by atoms with E-state index in [1.807, 2.05) is 6.07 Å². The quantitative estimate of drug-likeness (QED) is 0.597. The van der Waals surface area contributed by atoms with E-state index in [1.54, 1.807) is 42.5 Å². The van der Waals surface area contributed by atoms with E-state index in [0.29, 0.717) is 11.3 Å². The van der Waals surface area contributed by atoms with Crippen LogP contribution < -0.4 is 10.5 Å². The molecule has 0 aliphatic heterocycles. The van der Waals surface area contributed by atoms with Gasteiger partial charge in [0, 0.05) is 24.0 Å². The van der Waals surface area contributed by atoms with Gasteiger partial charge in [-0.3, -0.25) is 5.41 Å². The van der Waals surface area contributed by atoms with Crippen molar-refractivity contribution in [1.82, 2.24) is 9.55 Å². The van der Waals surface area contributed by atoms with Gasteiger partial charge in [-0.2, -0.15) is 0 Å². The molecule has 0 unspecified atom stereocenters. The Hall–Kier alpha value is -2.30. The fourth-order valence-electron chi connectivity index (χ4n) is 1.48. The van der Waals surface area contributed by atoms with Crippen LogP contribution in [0.1, 0.15) is 5.56 Å². The predicted molar refractivity (Wildman–Crippen MR) is 61.1 cm³/mol. The monoisotopic (exact) mass is 216 g/mol. The van der Waals surface area contributed by atoms with Crippen LogP contribution in [0.15, 0.2) is 36.9 Å². The Balaban J connectivity index is 2.59. The van der Waals surface area contributed by atoms with Crippen LogP contribution in [0.25, 0.3) is 5.69 Å². The standard InChI is InChI=1S/C11H12N4O/c1-16-8-2-3-9(11(12)13)10(6-8)15-5-4-14-7-15/h2-7H,1H3,(H3,12,13). The van der Waals surface area contributed by atoms with Gasteiger partial charge in [-0.25, -0.2) is 4.98 Å². The highest BCUT2D eigenvalue weighted by atomic mass is 16.5. The van der Waals surface area contributed by atoms with Crippen LogP contribution in [0.4, 0.5) is 0 Å². The van der Waals surface area contributed by atoms with Gasteiger partial charge in [0.2, 0.25) is 0 Å². The fourth-order valence-corrected chi connectivity index (χ4v) is 1.48. The summed E-state index contributed by atoms with van der Waals surface area (Å²) in [6, 6.07) is 5.35. The molecule has 2 rings (SSSR count). The van der Waals surface area contributed by atoms with Crippen LogP contribution in [-0.4, -0.2) is 22.5 Å². The maximum absolute atomic E-state index is 7.51. The van der Waals surface area contributed by atoms with Crippen molar-refractivity contribution in [2.45, 2.75) is 0 Å². The van der Waals surface area contributed by atoms with Crippen molar-refractivity contribution in [2.24, 2.45) is 5.73 Å². The Morgan fingerprint density at radius 3 is 2.88 bits per heavy atom. The van der Waals surface area contributed by atoms with Gasteiger partial charge in [-0.1, -0.05) is 0 Å². The number of hydrogen-bond acceptors (Lipinski definition) is 3. The number of ether oxygens (including phenoxy) is 1. The zero-order chi connectivity index (χ0) is 11.5. The summed E-state index contributed by atoms with van der Waals surface area (Å²) in [6.45, 7) is 0. The first kappa shape index (κ1) is 10.2. The highest BCUT2D eigenvalue weighted by Gasteiger charge is 2.08. The van der Waals surface area contributed by atoms with Gasteiger partial charge in [-0.05, 0) is 12.1 Å². The van der Waals surface area contributed by atoms with E-state index < -0.39 is 0 Å². The first-order valence-corrected chi connectivity index (χ1v) is 4.73. The first-order valence-electron chi connectivity index (χ1n) is 4.73. The summed E-state index contributed by atoms with van der Waals surface area (Å²) in [5.41, 5.74) is 6.95. The second-order valence-corrected chi connectivity index (χ2v) is 3.27. The van der Waals surface area contributed by atoms with Crippen molar-refractivity contribution in [3.63, 3.8) is 0 Å². The molecule has 0 radical (unpaired) electrons. The lowest BCUT2D eigenvalue weighted by molar-refractivity contribution is 0.414. The minimum absolute atomic E-state index is 0.0198. The smallest absolute Gasteiger partial charge is 0.124 e. The van der Waals surface area contributed by atoms with Gasteiger partial charge in [0.1, 0.15) is 11.6 Å². The maximum Gasteiger partial charge on any atom is 0.124 e. The van der Waals surface area contributed by atoms with Gasteiger partial charge < -0.3 is 15.0 Å². The lowest BCUT2D eigenvalue weighted by Gasteiger charge is -2.10. The highest BCUT2D eigenvalue weighted by molar-refractivity contribution is 5.98. The van der Waals surface area contributed by atoms with Gasteiger partial charge >= 0.3 is 0 Å². The lowest BCUT2D eigenvalue weighted by Crippen LogP contribution is -2.14. The average molecular weight is 216 g/mol. The predicted octanol–water partition coefficient (Wildman–Crippen LogP) is 1.16. The van der Waals surface area contributed by atoms with Crippen LogP contribution in [0, 0.1) is 5.41 Å². The molecule has 1 aromatic heterocycles. The van der Waals surface area contributed by atoms with Crippen molar-refractivity contribution in [2.75, 3.05) is 7.11 Å². The van der Waals surface area contributed by atoms with Crippen molar-refractivity contribution in [3.8, 4) is 11.4 Å². The number of aromatic nitrogens is 2. The molecule has 0 aliphatic carbocycles. The van der Waals surface area contributed by atoms with Crippen molar-refractivity contribution >= 4 is 5.84 Å². The summed E-state index contributed by atoms with van der Waals surface area (Å²) >= 11 is 0. The van der Waals surface area contributed by atoms with E-state index in [4.69, 9.17) is 15.9 Å². The topological polar surface area (TPSA) is 76.9 Å². The normalized spacial score (nSPS) is 10.1. The molecule has 3 N–H and O–H groups in total. The number of nitrogens with zero attached hydrogens (tertiary/aromatic N) is 2. The van der Waals surface area contributed by atoms with E-state index in [9.17, 15) is 0 Å². The molecule has 0 amide bonds. The Morgan fingerprint density at radius 1 is 1.50 bits per heavy atom. The molecule has 0 saturated heterocycles. The van der Waals surface area contributed by atoms with E-state index in [-0.39, 0.29) is 5.84 Å².